The van der Waals surface area contributed by atoms with E-state index in [4.69, 9.17) is 9.05 Å². The molecule has 0 aliphatic rings. The average molecular weight is 538 g/mol. The Hall–Kier alpha value is 0.720. The molecule has 0 fully saturated rings. The van der Waals surface area contributed by atoms with Crippen LogP contribution in [-0.2, 0) is 13.6 Å². The topological polar surface area (TPSA) is 35.5 Å². The van der Waals surface area contributed by atoms with Gasteiger partial charge in [-0.3, -0.25) is 0 Å². The summed E-state index contributed by atoms with van der Waals surface area (Å²) in [4.78, 5) is 0. The first-order valence-corrected chi connectivity index (χ1v) is 18.1. The first-order valence-electron chi connectivity index (χ1n) is 14.7. The van der Waals surface area contributed by atoms with Gasteiger partial charge >= 0.3 is 8.25 Å². The van der Waals surface area contributed by atoms with E-state index in [1.54, 1.807) is 0 Å². The predicted octanol–water partition coefficient (Wildman–Crippen LogP) is 11.0. The fourth-order valence-corrected chi connectivity index (χ4v) is 6.40. The van der Waals surface area contributed by atoms with Crippen LogP contribution in [0.25, 0.3) is 0 Å². The van der Waals surface area contributed by atoms with Crippen molar-refractivity contribution in [1.29, 1.82) is 0 Å². The highest BCUT2D eigenvalue weighted by Crippen LogP contribution is 2.24. The van der Waals surface area contributed by atoms with Crippen LogP contribution in [0.2, 0.25) is 0 Å². The summed E-state index contributed by atoms with van der Waals surface area (Å²) in [5, 5.41) is 0. The number of thioether (sulfide) groups is 2. The summed E-state index contributed by atoms with van der Waals surface area (Å²) in [5.74, 6) is 4.20. The third kappa shape index (κ3) is 30.8. The zero-order chi connectivity index (χ0) is 24.8. The van der Waals surface area contributed by atoms with Crippen LogP contribution in [0.15, 0.2) is 0 Å². The summed E-state index contributed by atoms with van der Waals surface area (Å²) < 4.78 is 22.4. The van der Waals surface area contributed by atoms with Crippen molar-refractivity contribution in [1.82, 2.24) is 0 Å². The molecule has 0 N–H and O–H groups in total. The minimum atomic E-state index is -1.94. The normalized spacial score (nSPS) is 11.4. The van der Waals surface area contributed by atoms with E-state index in [0.717, 1.165) is 11.5 Å². The van der Waals surface area contributed by atoms with Crippen LogP contribution >= 0.6 is 31.8 Å². The Morgan fingerprint density at radius 1 is 0.441 bits per heavy atom. The zero-order valence-corrected chi connectivity index (χ0v) is 25.4. The van der Waals surface area contributed by atoms with Crippen molar-refractivity contribution in [2.24, 2.45) is 0 Å². The van der Waals surface area contributed by atoms with E-state index in [9.17, 15) is 4.57 Å². The van der Waals surface area contributed by atoms with Crippen LogP contribution in [0.3, 0.4) is 0 Å². The molecular weight excluding hydrogens is 479 g/mol. The van der Waals surface area contributed by atoms with Gasteiger partial charge in [-0.1, -0.05) is 129 Å². The standard InChI is InChI=1S/C28H58O3PS2/c1-3-5-7-9-11-13-15-17-19-21-25-33-27-23-30-32(29)31-24-28-34-26-22-20-18-16-14-12-10-8-6-4-2/h3-28H2,1-2H3/q+1. The molecule has 3 nitrogen and oxygen atoms in total. The Labute approximate surface area is 223 Å². The minimum Gasteiger partial charge on any atom is -0.159 e. The SMILES string of the molecule is CCCCCCCCCCCCSCCO[P+](=O)OCCSCCCCCCCCCCCC. The molecule has 0 aliphatic carbocycles. The molecule has 0 spiro atoms. The Kier molecular flexibility index (Phi) is 32.4. The predicted molar refractivity (Wildman–Crippen MR) is 158 cm³/mol. The van der Waals surface area contributed by atoms with Gasteiger partial charge in [-0.05, 0) is 24.3 Å². The lowest BCUT2D eigenvalue weighted by Gasteiger charge is -2.02. The second-order valence-corrected chi connectivity index (χ2v) is 12.9. The van der Waals surface area contributed by atoms with Crippen molar-refractivity contribution in [3.05, 3.63) is 0 Å². The van der Waals surface area contributed by atoms with Crippen molar-refractivity contribution in [2.45, 2.75) is 142 Å². The summed E-state index contributed by atoms with van der Waals surface area (Å²) >= 11 is 3.82. The third-order valence-electron chi connectivity index (χ3n) is 6.13. The van der Waals surface area contributed by atoms with Crippen molar-refractivity contribution in [2.75, 3.05) is 36.2 Å². The molecule has 0 aromatic carbocycles. The molecule has 0 aliphatic heterocycles. The Morgan fingerprint density at radius 3 is 1.06 bits per heavy atom. The first-order chi connectivity index (χ1) is 16.8. The highest BCUT2D eigenvalue weighted by Gasteiger charge is 2.19. The number of hydrogen-bond acceptors (Lipinski definition) is 5. The van der Waals surface area contributed by atoms with Crippen LogP contribution in [0.5, 0.6) is 0 Å². The van der Waals surface area contributed by atoms with E-state index in [0.29, 0.717) is 13.2 Å². The van der Waals surface area contributed by atoms with Gasteiger partial charge in [-0.25, -0.2) is 0 Å². The molecule has 0 heterocycles. The van der Waals surface area contributed by atoms with Crippen LogP contribution in [0.1, 0.15) is 142 Å². The van der Waals surface area contributed by atoms with Crippen molar-refractivity contribution >= 4 is 31.8 Å². The Morgan fingerprint density at radius 2 is 0.735 bits per heavy atom. The summed E-state index contributed by atoms with van der Waals surface area (Å²) in [6, 6.07) is 0. The van der Waals surface area contributed by atoms with E-state index >= 15 is 0 Å². The van der Waals surface area contributed by atoms with Crippen LogP contribution in [-0.4, -0.2) is 36.2 Å². The molecule has 204 valence electrons. The molecule has 34 heavy (non-hydrogen) atoms. The van der Waals surface area contributed by atoms with E-state index in [2.05, 4.69) is 13.8 Å². The van der Waals surface area contributed by atoms with Gasteiger partial charge in [-0.2, -0.15) is 23.5 Å². The number of unbranched alkanes of at least 4 members (excludes halogenated alkanes) is 18. The number of rotatable bonds is 30. The van der Waals surface area contributed by atoms with Crippen molar-refractivity contribution < 1.29 is 13.6 Å². The van der Waals surface area contributed by atoms with Crippen molar-refractivity contribution in [3.8, 4) is 0 Å². The van der Waals surface area contributed by atoms with Gasteiger partial charge in [0.15, 0.2) is 0 Å². The van der Waals surface area contributed by atoms with Gasteiger partial charge < -0.3 is 0 Å². The lowest BCUT2D eigenvalue weighted by Crippen LogP contribution is -1.96. The second kappa shape index (κ2) is 31.7. The van der Waals surface area contributed by atoms with E-state index in [1.165, 1.54) is 140 Å². The van der Waals surface area contributed by atoms with Gasteiger partial charge in [0, 0.05) is 16.1 Å². The molecule has 0 saturated carbocycles. The molecule has 0 bridgehead atoms. The summed E-state index contributed by atoms with van der Waals surface area (Å²) in [6.07, 6.45) is 27.7. The van der Waals surface area contributed by atoms with Crippen LogP contribution in [0, 0.1) is 0 Å². The monoisotopic (exact) mass is 537 g/mol. The molecule has 0 saturated heterocycles. The fourth-order valence-electron chi connectivity index (χ4n) is 3.97. The first kappa shape index (κ1) is 34.7. The average Bonchev–Trinajstić information content (AvgIpc) is 2.84. The lowest BCUT2D eigenvalue weighted by molar-refractivity contribution is 0.246. The molecule has 6 heteroatoms. The van der Waals surface area contributed by atoms with E-state index in [1.807, 2.05) is 23.5 Å². The summed E-state index contributed by atoms with van der Waals surface area (Å²) in [5.41, 5.74) is 0. The number of hydrogen-bond donors (Lipinski definition) is 0. The van der Waals surface area contributed by atoms with E-state index < -0.39 is 8.25 Å². The highest BCUT2D eigenvalue weighted by atomic mass is 32.2. The molecule has 0 amide bonds. The summed E-state index contributed by atoms with van der Waals surface area (Å²) in [7, 11) is -1.94. The van der Waals surface area contributed by atoms with Crippen LogP contribution in [0.4, 0.5) is 0 Å². The molecule has 0 unspecified atom stereocenters. The van der Waals surface area contributed by atoms with E-state index in [-0.39, 0.29) is 0 Å². The molecule has 0 aromatic rings. The molecule has 0 rings (SSSR count). The Bertz CT molecular complexity index is 366. The Balaban J connectivity index is 3.14. The highest BCUT2D eigenvalue weighted by molar-refractivity contribution is 7.99. The second-order valence-electron chi connectivity index (χ2n) is 9.48. The van der Waals surface area contributed by atoms with Gasteiger partial charge in [0.05, 0.1) is 0 Å². The maximum atomic E-state index is 11.8. The smallest absolute Gasteiger partial charge is 0.159 e. The van der Waals surface area contributed by atoms with Gasteiger partial charge in [0.2, 0.25) is 0 Å². The maximum Gasteiger partial charge on any atom is 0.697 e. The third-order valence-corrected chi connectivity index (χ3v) is 8.99. The summed E-state index contributed by atoms with van der Waals surface area (Å²) in [6.45, 7) is 5.62. The van der Waals surface area contributed by atoms with Crippen molar-refractivity contribution in [3.63, 3.8) is 0 Å². The zero-order valence-electron chi connectivity index (χ0n) is 22.9. The minimum absolute atomic E-state index is 0.531. The molecular formula is C28H58O3PS2+. The maximum absolute atomic E-state index is 11.8. The lowest BCUT2D eigenvalue weighted by atomic mass is 10.1. The van der Waals surface area contributed by atoms with Gasteiger partial charge in [-0.15, -0.1) is 9.05 Å². The molecule has 0 atom stereocenters. The van der Waals surface area contributed by atoms with Gasteiger partial charge in [0.1, 0.15) is 13.2 Å². The molecule has 0 aromatic heterocycles. The van der Waals surface area contributed by atoms with Crippen LogP contribution < -0.4 is 0 Å². The largest absolute Gasteiger partial charge is 0.697 e. The quantitative estimate of drug-likeness (QED) is 0.0672. The fraction of sp³-hybridized carbons (Fsp3) is 1.00. The van der Waals surface area contributed by atoms with Gasteiger partial charge in [0.25, 0.3) is 0 Å². The molecule has 0 radical (unpaired) electrons.